The van der Waals surface area contributed by atoms with Crippen LogP contribution in [0.4, 0.5) is 18.9 Å². The molecule has 0 aliphatic heterocycles. The van der Waals surface area contributed by atoms with Gasteiger partial charge in [0.05, 0.1) is 10.6 Å². The van der Waals surface area contributed by atoms with Crippen LogP contribution in [0.2, 0.25) is 5.02 Å². The van der Waals surface area contributed by atoms with Crippen LogP contribution >= 0.6 is 27.5 Å². The van der Waals surface area contributed by atoms with Gasteiger partial charge in [-0.3, -0.25) is 0 Å². The molecule has 2 aromatic carbocycles. The Morgan fingerprint density at radius 2 is 1.86 bits per heavy atom. The maximum atomic E-state index is 12.8. The zero-order valence-corrected chi connectivity index (χ0v) is 13.4. The Morgan fingerprint density at radius 3 is 2.48 bits per heavy atom. The topological polar surface area (TPSA) is 12.0 Å². The number of halogens is 5. The highest BCUT2D eigenvalue weighted by Gasteiger charge is 2.33. The molecule has 2 aromatic rings. The molecule has 0 fully saturated rings. The fraction of sp³-hybridized carbons (Fsp3) is 0.200. The zero-order valence-electron chi connectivity index (χ0n) is 11.1. The molecule has 0 aliphatic carbocycles. The summed E-state index contributed by atoms with van der Waals surface area (Å²) in [5.41, 5.74) is 1.61. The summed E-state index contributed by atoms with van der Waals surface area (Å²) >= 11 is 8.99. The first kappa shape index (κ1) is 16.2. The Balaban J connectivity index is 2.15. The molecular formula is C15H12BrClF3N. The third-order valence-electron chi connectivity index (χ3n) is 2.99. The van der Waals surface area contributed by atoms with Crippen molar-refractivity contribution in [2.24, 2.45) is 0 Å². The van der Waals surface area contributed by atoms with Gasteiger partial charge in [0.2, 0.25) is 0 Å². The molecule has 0 saturated heterocycles. The quantitative estimate of drug-likeness (QED) is 0.686. The van der Waals surface area contributed by atoms with Gasteiger partial charge in [0.1, 0.15) is 0 Å². The van der Waals surface area contributed by atoms with E-state index in [-0.39, 0.29) is 5.02 Å². The number of hydrogen-bond acceptors (Lipinski definition) is 1. The van der Waals surface area contributed by atoms with Crippen LogP contribution in [-0.4, -0.2) is 0 Å². The molecule has 0 heterocycles. The van der Waals surface area contributed by atoms with E-state index >= 15 is 0 Å². The second-order valence-corrected chi connectivity index (χ2v) is 5.89. The van der Waals surface area contributed by atoms with Crippen LogP contribution in [0.3, 0.4) is 0 Å². The average Bonchev–Trinajstić information content (AvgIpc) is 2.40. The van der Waals surface area contributed by atoms with Crippen LogP contribution in [0.5, 0.6) is 0 Å². The van der Waals surface area contributed by atoms with E-state index < -0.39 is 11.7 Å². The molecule has 1 nitrogen and oxygen atoms in total. The first-order chi connectivity index (χ1) is 9.77. The van der Waals surface area contributed by atoms with Crippen LogP contribution in [0.25, 0.3) is 0 Å². The molecule has 0 saturated carbocycles. The summed E-state index contributed by atoms with van der Waals surface area (Å²) in [4.78, 5) is 0. The Hall–Kier alpha value is -1.20. The minimum Gasteiger partial charge on any atom is -0.381 e. The molecule has 0 unspecified atom stereocenters. The number of nitrogens with one attached hydrogen (secondary N) is 1. The third kappa shape index (κ3) is 4.14. The lowest BCUT2D eigenvalue weighted by molar-refractivity contribution is -0.137. The molecule has 6 heteroatoms. The lowest BCUT2D eigenvalue weighted by Crippen LogP contribution is -2.07. The number of rotatable bonds is 3. The third-order valence-corrected chi connectivity index (χ3v) is 4.21. The van der Waals surface area contributed by atoms with Crippen LogP contribution in [-0.2, 0) is 12.7 Å². The van der Waals surface area contributed by atoms with E-state index in [1.54, 1.807) is 0 Å². The monoisotopic (exact) mass is 377 g/mol. The van der Waals surface area contributed by atoms with Crippen molar-refractivity contribution in [3.05, 3.63) is 62.6 Å². The van der Waals surface area contributed by atoms with E-state index in [2.05, 4.69) is 21.2 Å². The highest BCUT2D eigenvalue weighted by Crippen LogP contribution is 2.36. The van der Waals surface area contributed by atoms with Gasteiger partial charge in [0, 0.05) is 16.7 Å². The zero-order chi connectivity index (χ0) is 15.6. The Kier molecular flexibility index (Phi) is 4.84. The lowest BCUT2D eigenvalue weighted by Gasteiger charge is -2.13. The SMILES string of the molecule is Cc1cc(CNc2ccc(Cl)c(C(F)(F)F)c2)ccc1Br. The summed E-state index contributed by atoms with van der Waals surface area (Å²) in [7, 11) is 0. The lowest BCUT2D eigenvalue weighted by atomic mass is 10.1. The molecule has 1 N–H and O–H groups in total. The number of alkyl halides is 3. The maximum absolute atomic E-state index is 12.8. The summed E-state index contributed by atoms with van der Waals surface area (Å²) < 4.78 is 39.3. The van der Waals surface area contributed by atoms with Crippen molar-refractivity contribution in [1.82, 2.24) is 0 Å². The summed E-state index contributed by atoms with van der Waals surface area (Å²) in [6.07, 6.45) is -4.46. The number of benzene rings is 2. The Morgan fingerprint density at radius 1 is 1.14 bits per heavy atom. The van der Waals surface area contributed by atoms with Gasteiger partial charge >= 0.3 is 6.18 Å². The van der Waals surface area contributed by atoms with Crippen molar-refractivity contribution in [3.63, 3.8) is 0 Å². The molecule has 0 amide bonds. The summed E-state index contributed by atoms with van der Waals surface area (Å²) in [5.74, 6) is 0. The molecule has 0 atom stereocenters. The van der Waals surface area contributed by atoms with E-state index in [4.69, 9.17) is 11.6 Å². The van der Waals surface area contributed by atoms with Gasteiger partial charge in [-0.05, 0) is 42.3 Å². The number of anilines is 1. The van der Waals surface area contributed by atoms with Gasteiger partial charge in [0.15, 0.2) is 0 Å². The van der Waals surface area contributed by atoms with Crippen molar-refractivity contribution in [2.75, 3.05) is 5.32 Å². The largest absolute Gasteiger partial charge is 0.417 e. The van der Waals surface area contributed by atoms with Gasteiger partial charge in [-0.1, -0.05) is 39.7 Å². The maximum Gasteiger partial charge on any atom is 0.417 e. The summed E-state index contributed by atoms with van der Waals surface area (Å²) in [6.45, 7) is 2.39. The predicted octanol–water partition coefficient (Wildman–Crippen LogP) is 6.04. The van der Waals surface area contributed by atoms with Gasteiger partial charge < -0.3 is 5.32 Å². The van der Waals surface area contributed by atoms with Crippen molar-refractivity contribution in [1.29, 1.82) is 0 Å². The molecule has 0 aliphatic rings. The second-order valence-electron chi connectivity index (χ2n) is 4.63. The highest BCUT2D eigenvalue weighted by atomic mass is 79.9. The molecule has 0 bridgehead atoms. The minimum absolute atomic E-state index is 0.299. The van der Waals surface area contributed by atoms with Gasteiger partial charge in [-0.2, -0.15) is 13.2 Å². The van der Waals surface area contributed by atoms with Crippen molar-refractivity contribution in [2.45, 2.75) is 19.6 Å². The molecular weight excluding hydrogens is 367 g/mol. The smallest absolute Gasteiger partial charge is 0.381 e. The average molecular weight is 379 g/mol. The molecule has 21 heavy (non-hydrogen) atoms. The minimum atomic E-state index is -4.46. The molecule has 0 aromatic heterocycles. The first-order valence-electron chi connectivity index (χ1n) is 6.13. The van der Waals surface area contributed by atoms with E-state index in [1.807, 2.05) is 25.1 Å². The molecule has 0 radical (unpaired) electrons. The number of hydrogen-bond donors (Lipinski definition) is 1. The van der Waals surface area contributed by atoms with Crippen LogP contribution in [0.15, 0.2) is 40.9 Å². The standard InChI is InChI=1S/C15H12BrClF3N/c1-9-6-10(2-4-13(9)16)8-21-11-3-5-14(17)12(7-11)15(18,19)20/h2-7,21H,8H2,1H3. The van der Waals surface area contributed by atoms with E-state index in [0.29, 0.717) is 12.2 Å². The van der Waals surface area contributed by atoms with Crippen molar-refractivity contribution < 1.29 is 13.2 Å². The van der Waals surface area contributed by atoms with Crippen LogP contribution in [0.1, 0.15) is 16.7 Å². The van der Waals surface area contributed by atoms with Crippen LogP contribution < -0.4 is 5.32 Å². The second kappa shape index (κ2) is 6.28. The molecule has 112 valence electrons. The van der Waals surface area contributed by atoms with E-state index in [0.717, 1.165) is 21.7 Å². The molecule has 2 rings (SSSR count). The van der Waals surface area contributed by atoms with Crippen LogP contribution in [0, 0.1) is 6.92 Å². The van der Waals surface area contributed by atoms with Gasteiger partial charge in [0.25, 0.3) is 0 Å². The predicted molar refractivity (Wildman–Crippen MR) is 82.7 cm³/mol. The van der Waals surface area contributed by atoms with Crippen molar-refractivity contribution in [3.8, 4) is 0 Å². The van der Waals surface area contributed by atoms with Gasteiger partial charge in [-0.15, -0.1) is 0 Å². The number of aryl methyl sites for hydroxylation is 1. The normalized spacial score (nSPS) is 11.5. The van der Waals surface area contributed by atoms with E-state index in [9.17, 15) is 13.2 Å². The van der Waals surface area contributed by atoms with E-state index in [1.165, 1.54) is 12.1 Å². The fourth-order valence-electron chi connectivity index (χ4n) is 1.87. The summed E-state index contributed by atoms with van der Waals surface area (Å²) in [5, 5.41) is 2.67. The van der Waals surface area contributed by atoms with Gasteiger partial charge in [-0.25, -0.2) is 0 Å². The Labute approximate surface area is 134 Å². The fourth-order valence-corrected chi connectivity index (χ4v) is 2.34. The highest BCUT2D eigenvalue weighted by molar-refractivity contribution is 9.10. The first-order valence-corrected chi connectivity index (χ1v) is 7.30. The Bertz CT molecular complexity index is 656. The summed E-state index contributed by atoms with van der Waals surface area (Å²) in [6, 6.07) is 9.59. The van der Waals surface area contributed by atoms with Crippen molar-refractivity contribution >= 4 is 33.2 Å². The molecule has 0 spiro atoms.